The third kappa shape index (κ3) is 2.03. The van der Waals surface area contributed by atoms with Crippen LogP contribution in [0.2, 0.25) is 0 Å². The first-order valence-corrected chi connectivity index (χ1v) is 2.72. The van der Waals surface area contributed by atoms with Crippen LogP contribution in [0.4, 0.5) is 5.69 Å². The lowest BCUT2D eigenvalue weighted by Crippen LogP contribution is -1.88. The number of anilines is 1. The number of nitrogens with two attached hydrogens (primary N) is 1. The molecule has 0 atom stereocenters. The van der Waals surface area contributed by atoms with Gasteiger partial charge in [-0.05, 0) is 12.1 Å². The number of nitrogen functional groups attached to an aromatic ring is 1. The molecule has 0 saturated carbocycles. The van der Waals surface area contributed by atoms with Crippen molar-refractivity contribution in [3.8, 4) is 11.8 Å². The van der Waals surface area contributed by atoms with Crippen LogP contribution in [0.25, 0.3) is 0 Å². The summed E-state index contributed by atoms with van der Waals surface area (Å²) in [7, 11) is 0. The van der Waals surface area contributed by atoms with Gasteiger partial charge >= 0.3 is 0 Å². The Morgan fingerprint density at radius 1 is 1.45 bits per heavy atom. The lowest BCUT2D eigenvalue weighted by molar-refractivity contribution is 0.475. The van der Waals surface area contributed by atoms with Gasteiger partial charge in [0.15, 0.2) is 0 Å². The van der Waals surface area contributed by atoms with E-state index in [4.69, 9.17) is 16.1 Å². The van der Waals surface area contributed by atoms with E-state index in [1.54, 1.807) is 0 Å². The average molecular weight is 171 g/mol. The van der Waals surface area contributed by atoms with E-state index in [2.05, 4.69) is 0 Å². The molecule has 0 aliphatic rings. The highest BCUT2D eigenvalue weighted by Crippen LogP contribution is 2.16. The van der Waals surface area contributed by atoms with Crippen LogP contribution in [-0.2, 0) is 0 Å². The topological polar surface area (TPSA) is 70.0 Å². The average Bonchev–Trinajstić information content (AvgIpc) is 1.88. The van der Waals surface area contributed by atoms with Crippen molar-refractivity contribution < 1.29 is 5.11 Å². The molecule has 11 heavy (non-hydrogen) atoms. The smallest absolute Gasteiger partial charge is 0.117 e. The van der Waals surface area contributed by atoms with Crippen molar-refractivity contribution in [2.45, 2.75) is 0 Å². The zero-order chi connectivity index (χ0) is 7.56. The molecule has 0 unspecified atom stereocenters. The van der Waals surface area contributed by atoms with Crippen molar-refractivity contribution in [1.29, 1.82) is 5.26 Å². The Labute approximate surface area is 70.5 Å². The van der Waals surface area contributed by atoms with Gasteiger partial charge in [0, 0.05) is 6.07 Å². The number of halogens is 1. The highest BCUT2D eigenvalue weighted by molar-refractivity contribution is 5.85. The predicted molar refractivity (Wildman–Crippen MR) is 44.5 cm³/mol. The van der Waals surface area contributed by atoms with Crippen molar-refractivity contribution in [2.24, 2.45) is 0 Å². The Hall–Kier alpha value is -1.40. The van der Waals surface area contributed by atoms with E-state index in [1.165, 1.54) is 18.2 Å². The normalized spacial score (nSPS) is 7.91. The molecular formula is C7H7ClN2O. The maximum Gasteiger partial charge on any atom is 0.117 e. The molecule has 0 amide bonds. The monoisotopic (exact) mass is 170 g/mol. The second-order valence-corrected chi connectivity index (χ2v) is 1.88. The van der Waals surface area contributed by atoms with Crippen molar-refractivity contribution in [3.05, 3.63) is 23.8 Å². The Balaban J connectivity index is 0.000001000. The molecule has 58 valence electrons. The molecule has 0 spiro atoms. The molecule has 0 saturated heterocycles. The quantitative estimate of drug-likeness (QED) is 0.576. The van der Waals surface area contributed by atoms with Crippen LogP contribution in [0.5, 0.6) is 5.75 Å². The molecule has 4 heteroatoms. The third-order valence-corrected chi connectivity index (χ3v) is 1.16. The van der Waals surface area contributed by atoms with Gasteiger partial charge in [-0.15, -0.1) is 12.4 Å². The molecule has 3 N–H and O–H groups in total. The minimum Gasteiger partial charge on any atom is -0.508 e. The molecule has 0 fully saturated rings. The highest BCUT2D eigenvalue weighted by atomic mass is 35.5. The number of hydrogen-bond donors (Lipinski definition) is 2. The van der Waals surface area contributed by atoms with Crippen LogP contribution in [0.3, 0.4) is 0 Å². The number of nitrogens with zero attached hydrogens (tertiary/aromatic N) is 1. The van der Waals surface area contributed by atoms with E-state index in [-0.39, 0.29) is 18.2 Å². The number of hydrogen-bond acceptors (Lipinski definition) is 3. The summed E-state index contributed by atoms with van der Waals surface area (Å²) in [6.45, 7) is 0. The van der Waals surface area contributed by atoms with Crippen LogP contribution in [0.15, 0.2) is 18.2 Å². The maximum absolute atomic E-state index is 8.84. The van der Waals surface area contributed by atoms with Crippen LogP contribution in [-0.4, -0.2) is 5.11 Å². The van der Waals surface area contributed by atoms with Crippen LogP contribution < -0.4 is 5.73 Å². The van der Waals surface area contributed by atoms with Gasteiger partial charge in [0.2, 0.25) is 0 Å². The molecule has 1 rings (SSSR count). The number of benzene rings is 1. The Morgan fingerprint density at radius 3 is 2.55 bits per heavy atom. The molecule has 3 nitrogen and oxygen atoms in total. The van der Waals surface area contributed by atoms with Crippen molar-refractivity contribution in [3.63, 3.8) is 0 Å². The van der Waals surface area contributed by atoms with Crippen molar-refractivity contribution >= 4 is 18.1 Å². The molecule has 0 aromatic heterocycles. The standard InChI is InChI=1S/C7H6N2O.ClH/c8-4-5-1-2-6(10)3-7(5)9;/h1-3,10H,9H2;1H. The predicted octanol–water partition coefficient (Wildman–Crippen LogP) is 1.27. The molecule has 1 aromatic carbocycles. The summed E-state index contributed by atoms with van der Waals surface area (Å²) >= 11 is 0. The van der Waals surface area contributed by atoms with E-state index in [0.29, 0.717) is 11.3 Å². The second-order valence-electron chi connectivity index (χ2n) is 1.88. The molecule has 0 bridgehead atoms. The fourth-order valence-corrected chi connectivity index (χ4v) is 0.652. The summed E-state index contributed by atoms with van der Waals surface area (Å²) in [5, 5.41) is 17.2. The van der Waals surface area contributed by atoms with Gasteiger partial charge in [0.05, 0.1) is 11.3 Å². The Morgan fingerprint density at radius 2 is 2.09 bits per heavy atom. The van der Waals surface area contributed by atoms with Crippen LogP contribution in [0.1, 0.15) is 5.56 Å². The van der Waals surface area contributed by atoms with Crippen LogP contribution in [0, 0.1) is 11.3 Å². The summed E-state index contributed by atoms with van der Waals surface area (Å²) in [6.07, 6.45) is 0. The van der Waals surface area contributed by atoms with Crippen molar-refractivity contribution in [1.82, 2.24) is 0 Å². The van der Waals surface area contributed by atoms with E-state index in [1.807, 2.05) is 6.07 Å². The second kappa shape index (κ2) is 3.69. The molecule has 1 aromatic rings. The number of phenols is 1. The number of nitriles is 1. The lowest BCUT2D eigenvalue weighted by atomic mass is 10.2. The van der Waals surface area contributed by atoms with E-state index in [9.17, 15) is 0 Å². The fourth-order valence-electron chi connectivity index (χ4n) is 0.652. The van der Waals surface area contributed by atoms with Crippen LogP contribution >= 0.6 is 12.4 Å². The van der Waals surface area contributed by atoms with Gasteiger partial charge in [-0.1, -0.05) is 0 Å². The van der Waals surface area contributed by atoms with Gasteiger partial charge in [0.25, 0.3) is 0 Å². The zero-order valence-corrected chi connectivity index (χ0v) is 6.43. The summed E-state index contributed by atoms with van der Waals surface area (Å²) in [6, 6.07) is 6.13. The largest absolute Gasteiger partial charge is 0.508 e. The van der Waals surface area contributed by atoms with Gasteiger partial charge in [-0.3, -0.25) is 0 Å². The van der Waals surface area contributed by atoms with Gasteiger partial charge in [-0.25, -0.2) is 0 Å². The van der Waals surface area contributed by atoms with Crippen molar-refractivity contribution in [2.75, 3.05) is 5.73 Å². The summed E-state index contributed by atoms with van der Waals surface area (Å²) in [5.41, 5.74) is 6.04. The highest BCUT2D eigenvalue weighted by Gasteiger charge is 1.96. The minimum atomic E-state index is 0. The molecule has 0 aliphatic heterocycles. The number of phenolic OH excluding ortho intramolecular Hbond substituents is 1. The van der Waals surface area contributed by atoms with E-state index >= 15 is 0 Å². The molecule has 0 radical (unpaired) electrons. The third-order valence-electron chi connectivity index (χ3n) is 1.16. The molecular weight excluding hydrogens is 164 g/mol. The first kappa shape index (κ1) is 9.60. The maximum atomic E-state index is 8.84. The Bertz CT molecular complexity index is 293. The first-order valence-electron chi connectivity index (χ1n) is 2.72. The van der Waals surface area contributed by atoms with E-state index in [0.717, 1.165) is 0 Å². The SMILES string of the molecule is Cl.N#Cc1ccc(O)cc1N. The number of rotatable bonds is 0. The zero-order valence-electron chi connectivity index (χ0n) is 5.61. The lowest BCUT2D eigenvalue weighted by Gasteiger charge is -1.95. The summed E-state index contributed by atoms with van der Waals surface area (Å²) in [5.74, 6) is 0.0801. The first-order chi connectivity index (χ1) is 4.74. The van der Waals surface area contributed by atoms with E-state index < -0.39 is 0 Å². The molecule has 0 heterocycles. The molecule has 0 aliphatic carbocycles. The van der Waals surface area contributed by atoms with Gasteiger partial charge < -0.3 is 10.8 Å². The Kier molecular flexibility index (Phi) is 3.22. The minimum absolute atomic E-state index is 0. The fraction of sp³-hybridized carbons (Fsp3) is 0. The summed E-state index contributed by atoms with van der Waals surface area (Å²) < 4.78 is 0. The number of aromatic hydroxyl groups is 1. The van der Waals surface area contributed by atoms with Gasteiger partial charge in [-0.2, -0.15) is 5.26 Å². The van der Waals surface area contributed by atoms with Gasteiger partial charge in [0.1, 0.15) is 11.8 Å². The summed E-state index contributed by atoms with van der Waals surface area (Å²) in [4.78, 5) is 0.